The average molecular weight is 329 g/mol. The average Bonchev–Trinajstić information content (AvgIpc) is 2.86. The van der Waals surface area contributed by atoms with E-state index in [0.717, 1.165) is 24.3 Å². The van der Waals surface area contributed by atoms with Crippen LogP contribution in [0.1, 0.15) is 25.7 Å². The first-order chi connectivity index (χ1) is 11.7. The normalized spacial score (nSPS) is 16.0. The van der Waals surface area contributed by atoms with E-state index in [9.17, 15) is 9.59 Å². The van der Waals surface area contributed by atoms with Crippen molar-refractivity contribution in [2.24, 2.45) is 0 Å². The maximum Gasteiger partial charge on any atom is 0.278 e. The van der Waals surface area contributed by atoms with E-state index in [0.29, 0.717) is 17.4 Å². The molecule has 1 aliphatic heterocycles. The first-order valence-corrected chi connectivity index (χ1v) is 8.55. The lowest BCUT2D eigenvalue weighted by Crippen LogP contribution is -2.38. The van der Waals surface area contributed by atoms with Gasteiger partial charge in [-0.15, -0.1) is 5.10 Å². The Kier molecular flexibility index (Phi) is 5.53. The fourth-order valence-electron chi connectivity index (χ4n) is 3.03. The van der Waals surface area contributed by atoms with Gasteiger partial charge in [0.2, 0.25) is 5.91 Å². The molecule has 7 nitrogen and oxygen atoms in total. The summed E-state index contributed by atoms with van der Waals surface area (Å²) in [4.78, 5) is 26.7. The molecule has 0 aliphatic carbocycles. The second-order valence-electron chi connectivity index (χ2n) is 6.18. The van der Waals surface area contributed by atoms with Gasteiger partial charge in [-0.05, 0) is 38.1 Å². The maximum atomic E-state index is 12.3. The Labute approximate surface area is 140 Å². The number of nitrogens with one attached hydrogen (secondary N) is 1. The summed E-state index contributed by atoms with van der Waals surface area (Å²) in [5.74, 6) is -0.212. The lowest BCUT2D eigenvalue weighted by atomic mass is 10.2. The zero-order valence-corrected chi connectivity index (χ0v) is 13.8. The minimum Gasteiger partial charge on any atom is -0.353 e. The van der Waals surface area contributed by atoms with E-state index in [1.54, 1.807) is 24.3 Å². The molecule has 0 atom stereocenters. The molecule has 2 aromatic rings. The molecule has 0 spiro atoms. The minimum atomic E-state index is -0.289. The number of aromatic nitrogens is 3. The minimum absolute atomic E-state index is 0.101. The predicted octanol–water partition coefficient (Wildman–Crippen LogP) is 0.784. The summed E-state index contributed by atoms with van der Waals surface area (Å²) in [5.41, 5.74) is 0.253. The molecule has 1 saturated heterocycles. The van der Waals surface area contributed by atoms with Crippen LogP contribution in [0.2, 0.25) is 0 Å². The molecule has 0 saturated carbocycles. The number of carbonyl (C=O) groups is 1. The Morgan fingerprint density at radius 3 is 2.67 bits per heavy atom. The first-order valence-electron chi connectivity index (χ1n) is 8.55. The molecule has 1 aliphatic rings. The highest BCUT2D eigenvalue weighted by Crippen LogP contribution is 2.08. The Morgan fingerprint density at radius 2 is 1.88 bits per heavy atom. The van der Waals surface area contributed by atoms with Crippen molar-refractivity contribution in [3.05, 3.63) is 34.6 Å². The van der Waals surface area contributed by atoms with Crippen LogP contribution in [-0.2, 0) is 11.3 Å². The van der Waals surface area contributed by atoms with Crippen LogP contribution in [0.25, 0.3) is 10.9 Å². The molecular formula is C17H23N5O2. The van der Waals surface area contributed by atoms with Crippen molar-refractivity contribution < 1.29 is 4.79 Å². The van der Waals surface area contributed by atoms with Crippen LogP contribution >= 0.6 is 0 Å². The van der Waals surface area contributed by atoms with Crippen LogP contribution in [-0.4, -0.2) is 52.0 Å². The van der Waals surface area contributed by atoms with Crippen molar-refractivity contribution in [3.8, 4) is 0 Å². The molecular weight excluding hydrogens is 306 g/mol. The first kappa shape index (κ1) is 16.6. The van der Waals surface area contributed by atoms with E-state index in [4.69, 9.17) is 0 Å². The fourth-order valence-corrected chi connectivity index (χ4v) is 3.03. The fraction of sp³-hybridized carbons (Fsp3) is 0.529. The van der Waals surface area contributed by atoms with E-state index in [-0.39, 0.29) is 18.0 Å². The molecule has 1 aromatic heterocycles. The molecule has 0 bridgehead atoms. The Balaban J connectivity index is 1.53. The summed E-state index contributed by atoms with van der Waals surface area (Å²) in [6, 6.07) is 7.00. The van der Waals surface area contributed by atoms with Crippen LogP contribution in [0.5, 0.6) is 0 Å². The molecule has 1 N–H and O–H groups in total. The van der Waals surface area contributed by atoms with Gasteiger partial charge >= 0.3 is 0 Å². The topological polar surface area (TPSA) is 80.1 Å². The largest absolute Gasteiger partial charge is 0.353 e. The number of amides is 1. The SMILES string of the molecule is O=C(Cn1nnc2ccccc2c1=O)NCCN1CCCCCC1. The van der Waals surface area contributed by atoms with Gasteiger partial charge in [-0.3, -0.25) is 9.59 Å². The highest BCUT2D eigenvalue weighted by molar-refractivity contribution is 5.78. The third-order valence-corrected chi connectivity index (χ3v) is 4.37. The second-order valence-corrected chi connectivity index (χ2v) is 6.18. The van der Waals surface area contributed by atoms with Crippen LogP contribution in [0.4, 0.5) is 0 Å². The second kappa shape index (κ2) is 8.01. The van der Waals surface area contributed by atoms with E-state index in [1.807, 2.05) is 0 Å². The summed E-state index contributed by atoms with van der Waals surface area (Å²) in [7, 11) is 0. The molecule has 0 radical (unpaired) electrons. The van der Waals surface area contributed by atoms with Gasteiger partial charge in [0, 0.05) is 13.1 Å². The molecule has 1 amide bonds. The van der Waals surface area contributed by atoms with Gasteiger partial charge in [0.05, 0.1) is 5.39 Å². The smallest absolute Gasteiger partial charge is 0.278 e. The molecule has 1 aromatic carbocycles. The van der Waals surface area contributed by atoms with Crippen molar-refractivity contribution in [1.29, 1.82) is 0 Å². The summed E-state index contributed by atoms with van der Waals surface area (Å²) in [6.07, 6.45) is 5.06. The molecule has 24 heavy (non-hydrogen) atoms. The van der Waals surface area contributed by atoms with E-state index >= 15 is 0 Å². The van der Waals surface area contributed by atoms with Gasteiger partial charge in [0.1, 0.15) is 12.1 Å². The van der Waals surface area contributed by atoms with Crippen molar-refractivity contribution in [3.63, 3.8) is 0 Å². The van der Waals surface area contributed by atoms with Crippen molar-refractivity contribution in [2.75, 3.05) is 26.2 Å². The van der Waals surface area contributed by atoms with Gasteiger partial charge in [-0.25, -0.2) is 4.68 Å². The quantitative estimate of drug-likeness (QED) is 0.877. The number of likely N-dealkylation sites (tertiary alicyclic amines) is 1. The summed E-state index contributed by atoms with van der Waals surface area (Å²) in [5, 5.41) is 11.2. The van der Waals surface area contributed by atoms with Gasteiger partial charge in [0.15, 0.2) is 0 Å². The van der Waals surface area contributed by atoms with Crippen LogP contribution < -0.4 is 10.9 Å². The lowest BCUT2D eigenvalue weighted by Gasteiger charge is -2.19. The molecule has 128 valence electrons. The Hall–Kier alpha value is -2.28. The number of hydrogen-bond acceptors (Lipinski definition) is 5. The standard InChI is InChI=1S/C17H23N5O2/c23-16(18-9-12-21-10-5-1-2-6-11-21)13-22-17(24)14-7-3-4-8-15(14)19-20-22/h3-4,7-8H,1-2,5-6,9-13H2,(H,18,23). The van der Waals surface area contributed by atoms with Crippen LogP contribution in [0, 0.1) is 0 Å². The molecule has 7 heteroatoms. The van der Waals surface area contributed by atoms with Crippen molar-refractivity contribution in [1.82, 2.24) is 25.2 Å². The number of rotatable bonds is 5. The van der Waals surface area contributed by atoms with Gasteiger partial charge in [0.25, 0.3) is 5.56 Å². The highest BCUT2D eigenvalue weighted by Gasteiger charge is 2.11. The number of fused-ring (bicyclic) bond motifs is 1. The number of hydrogen-bond donors (Lipinski definition) is 1. The van der Waals surface area contributed by atoms with Crippen LogP contribution in [0.15, 0.2) is 29.1 Å². The maximum absolute atomic E-state index is 12.3. The number of nitrogens with zero attached hydrogens (tertiary/aromatic N) is 4. The summed E-state index contributed by atoms with van der Waals surface area (Å²) in [6.45, 7) is 3.55. The Morgan fingerprint density at radius 1 is 1.12 bits per heavy atom. The number of benzene rings is 1. The number of carbonyl (C=O) groups excluding carboxylic acids is 1. The van der Waals surface area contributed by atoms with Crippen molar-refractivity contribution in [2.45, 2.75) is 32.2 Å². The van der Waals surface area contributed by atoms with Crippen molar-refractivity contribution >= 4 is 16.8 Å². The molecule has 0 unspecified atom stereocenters. The third-order valence-electron chi connectivity index (χ3n) is 4.37. The Bertz CT molecular complexity index is 750. The van der Waals surface area contributed by atoms with Gasteiger partial charge in [-0.2, -0.15) is 0 Å². The molecule has 2 heterocycles. The van der Waals surface area contributed by atoms with Gasteiger partial charge in [-0.1, -0.05) is 30.2 Å². The van der Waals surface area contributed by atoms with Gasteiger partial charge < -0.3 is 10.2 Å². The van der Waals surface area contributed by atoms with Crippen LogP contribution in [0.3, 0.4) is 0 Å². The molecule has 1 fully saturated rings. The van der Waals surface area contributed by atoms with E-state index in [1.165, 1.54) is 25.7 Å². The van der Waals surface area contributed by atoms with E-state index < -0.39 is 0 Å². The van der Waals surface area contributed by atoms with E-state index in [2.05, 4.69) is 20.5 Å². The third kappa shape index (κ3) is 4.17. The lowest BCUT2D eigenvalue weighted by molar-refractivity contribution is -0.122. The monoisotopic (exact) mass is 329 g/mol. The molecule has 3 rings (SSSR count). The highest BCUT2D eigenvalue weighted by atomic mass is 16.2. The summed E-state index contributed by atoms with van der Waals surface area (Å²) < 4.78 is 1.11. The summed E-state index contributed by atoms with van der Waals surface area (Å²) >= 11 is 0. The predicted molar refractivity (Wildman–Crippen MR) is 91.7 cm³/mol. The zero-order chi connectivity index (χ0) is 16.8. The zero-order valence-electron chi connectivity index (χ0n) is 13.8.